The van der Waals surface area contributed by atoms with E-state index in [9.17, 15) is 4.79 Å². The van der Waals surface area contributed by atoms with Gasteiger partial charge in [-0.2, -0.15) is 0 Å². The van der Waals surface area contributed by atoms with Crippen LogP contribution in [0.5, 0.6) is 11.5 Å². The minimum absolute atomic E-state index is 0.212. The van der Waals surface area contributed by atoms with Gasteiger partial charge in [0.05, 0.1) is 5.56 Å². The van der Waals surface area contributed by atoms with E-state index in [0.29, 0.717) is 19.0 Å². The highest BCUT2D eigenvalue weighted by Gasteiger charge is 2.03. The maximum Gasteiger partial charge on any atom is 0.335 e. The number of aromatic carboxylic acids is 1. The fourth-order valence-electron chi connectivity index (χ4n) is 1.86. The molecule has 0 spiro atoms. The summed E-state index contributed by atoms with van der Waals surface area (Å²) >= 11 is 0. The Kier molecular flexibility index (Phi) is 5.21. The van der Waals surface area contributed by atoms with Crippen molar-refractivity contribution in [3.8, 4) is 11.5 Å². The second kappa shape index (κ2) is 7.33. The number of ether oxygens (including phenoxy) is 2. The Labute approximate surface area is 123 Å². The molecule has 0 heterocycles. The molecule has 110 valence electrons. The summed E-state index contributed by atoms with van der Waals surface area (Å²) in [6.45, 7) is 2.87. The zero-order valence-electron chi connectivity index (χ0n) is 11.9. The number of aryl methyl sites for hydroxylation is 1. The van der Waals surface area contributed by atoms with E-state index < -0.39 is 5.97 Å². The van der Waals surface area contributed by atoms with Crippen molar-refractivity contribution in [3.63, 3.8) is 0 Å². The molecule has 0 aliphatic rings. The van der Waals surface area contributed by atoms with E-state index in [-0.39, 0.29) is 5.56 Å². The maximum atomic E-state index is 10.8. The first kappa shape index (κ1) is 14.9. The Morgan fingerprint density at radius 3 is 2.29 bits per heavy atom. The lowest BCUT2D eigenvalue weighted by Crippen LogP contribution is -2.09. The topological polar surface area (TPSA) is 55.8 Å². The summed E-state index contributed by atoms with van der Waals surface area (Å²) in [4.78, 5) is 10.8. The normalized spacial score (nSPS) is 10.1. The molecule has 0 unspecified atom stereocenters. The number of rotatable bonds is 7. The van der Waals surface area contributed by atoms with Crippen LogP contribution in [0.25, 0.3) is 0 Å². The predicted octanol–water partition coefficient (Wildman–Crippen LogP) is 3.41. The van der Waals surface area contributed by atoms with Crippen LogP contribution in [0, 0.1) is 0 Å². The van der Waals surface area contributed by atoms with Gasteiger partial charge in [0.1, 0.15) is 24.7 Å². The molecular formula is C17H18O4. The van der Waals surface area contributed by atoms with Crippen LogP contribution < -0.4 is 9.47 Å². The molecule has 0 fully saturated rings. The predicted molar refractivity (Wildman–Crippen MR) is 80.2 cm³/mol. The highest BCUT2D eigenvalue weighted by atomic mass is 16.5. The molecule has 0 saturated heterocycles. The van der Waals surface area contributed by atoms with Crippen molar-refractivity contribution in [1.29, 1.82) is 0 Å². The second-order valence-corrected chi connectivity index (χ2v) is 4.53. The van der Waals surface area contributed by atoms with Crippen molar-refractivity contribution >= 4 is 5.97 Å². The van der Waals surface area contributed by atoms with Crippen molar-refractivity contribution in [1.82, 2.24) is 0 Å². The van der Waals surface area contributed by atoms with Crippen molar-refractivity contribution in [2.45, 2.75) is 13.3 Å². The fraction of sp³-hybridized carbons (Fsp3) is 0.235. The molecule has 0 bridgehead atoms. The monoisotopic (exact) mass is 286 g/mol. The largest absolute Gasteiger partial charge is 0.490 e. The SMILES string of the molecule is CCc1ccc(OCCOc2cccc(C(=O)O)c2)cc1. The van der Waals surface area contributed by atoms with E-state index in [2.05, 4.69) is 6.92 Å². The Balaban J connectivity index is 1.78. The van der Waals surface area contributed by atoms with Crippen molar-refractivity contribution in [3.05, 3.63) is 59.7 Å². The van der Waals surface area contributed by atoms with Crippen LogP contribution in [0.15, 0.2) is 48.5 Å². The first-order valence-corrected chi connectivity index (χ1v) is 6.87. The number of hydrogen-bond donors (Lipinski definition) is 1. The van der Waals surface area contributed by atoms with Gasteiger partial charge in [-0.3, -0.25) is 0 Å². The van der Waals surface area contributed by atoms with Crippen molar-refractivity contribution in [2.75, 3.05) is 13.2 Å². The highest BCUT2D eigenvalue weighted by molar-refractivity contribution is 5.87. The Hall–Kier alpha value is -2.49. The van der Waals surface area contributed by atoms with Gasteiger partial charge in [-0.05, 0) is 42.3 Å². The number of benzene rings is 2. The number of hydrogen-bond acceptors (Lipinski definition) is 3. The van der Waals surface area contributed by atoms with E-state index in [4.69, 9.17) is 14.6 Å². The summed E-state index contributed by atoms with van der Waals surface area (Å²) in [6, 6.07) is 14.3. The van der Waals surface area contributed by atoms with E-state index in [1.165, 1.54) is 17.7 Å². The van der Waals surface area contributed by atoms with Gasteiger partial charge >= 0.3 is 5.97 Å². The van der Waals surface area contributed by atoms with Crippen LogP contribution in [0.1, 0.15) is 22.8 Å². The minimum atomic E-state index is -0.965. The minimum Gasteiger partial charge on any atom is -0.490 e. The Morgan fingerprint density at radius 2 is 1.67 bits per heavy atom. The third-order valence-electron chi connectivity index (χ3n) is 3.03. The number of carboxylic acid groups (broad SMARTS) is 1. The van der Waals surface area contributed by atoms with Crippen LogP contribution in [0.3, 0.4) is 0 Å². The van der Waals surface area contributed by atoms with Crippen molar-refractivity contribution in [2.24, 2.45) is 0 Å². The van der Waals surface area contributed by atoms with E-state index in [1.54, 1.807) is 12.1 Å². The summed E-state index contributed by atoms with van der Waals surface area (Å²) < 4.78 is 11.0. The summed E-state index contributed by atoms with van der Waals surface area (Å²) in [6.07, 6.45) is 1.00. The summed E-state index contributed by atoms with van der Waals surface area (Å²) in [7, 11) is 0. The van der Waals surface area contributed by atoms with Crippen LogP contribution in [-0.4, -0.2) is 24.3 Å². The van der Waals surface area contributed by atoms with Gasteiger partial charge in [0.15, 0.2) is 0 Å². The maximum absolute atomic E-state index is 10.8. The fourth-order valence-corrected chi connectivity index (χ4v) is 1.86. The third-order valence-corrected chi connectivity index (χ3v) is 3.03. The van der Waals surface area contributed by atoms with Gasteiger partial charge in [0.2, 0.25) is 0 Å². The molecule has 2 aromatic carbocycles. The lowest BCUT2D eigenvalue weighted by Gasteiger charge is -2.09. The van der Waals surface area contributed by atoms with Crippen LogP contribution in [-0.2, 0) is 6.42 Å². The molecule has 0 saturated carbocycles. The first-order chi connectivity index (χ1) is 10.2. The van der Waals surface area contributed by atoms with E-state index in [1.807, 2.05) is 24.3 Å². The molecule has 2 rings (SSSR count). The Bertz CT molecular complexity index is 590. The van der Waals surface area contributed by atoms with Crippen molar-refractivity contribution < 1.29 is 19.4 Å². The zero-order chi connectivity index (χ0) is 15.1. The number of carboxylic acids is 1. The lowest BCUT2D eigenvalue weighted by molar-refractivity contribution is 0.0696. The molecule has 4 nitrogen and oxygen atoms in total. The van der Waals surface area contributed by atoms with Gasteiger partial charge in [-0.25, -0.2) is 4.79 Å². The smallest absolute Gasteiger partial charge is 0.335 e. The molecule has 1 N–H and O–H groups in total. The lowest BCUT2D eigenvalue weighted by atomic mass is 10.2. The van der Waals surface area contributed by atoms with E-state index in [0.717, 1.165) is 12.2 Å². The van der Waals surface area contributed by atoms with Crippen LogP contribution >= 0.6 is 0 Å². The number of carbonyl (C=O) groups is 1. The molecule has 21 heavy (non-hydrogen) atoms. The zero-order valence-corrected chi connectivity index (χ0v) is 11.9. The summed E-state index contributed by atoms with van der Waals surface area (Å²) in [5.41, 5.74) is 1.48. The van der Waals surface area contributed by atoms with Gasteiger partial charge in [-0.1, -0.05) is 25.1 Å². The average Bonchev–Trinajstić information content (AvgIpc) is 2.52. The quantitative estimate of drug-likeness (QED) is 0.792. The second-order valence-electron chi connectivity index (χ2n) is 4.53. The first-order valence-electron chi connectivity index (χ1n) is 6.87. The standard InChI is InChI=1S/C17H18O4/c1-2-13-6-8-15(9-7-13)20-10-11-21-16-5-3-4-14(12-16)17(18)19/h3-9,12H,2,10-11H2,1H3,(H,18,19). The molecule has 0 amide bonds. The molecule has 0 radical (unpaired) electrons. The highest BCUT2D eigenvalue weighted by Crippen LogP contribution is 2.14. The van der Waals surface area contributed by atoms with Gasteiger partial charge in [0, 0.05) is 0 Å². The van der Waals surface area contributed by atoms with Gasteiger partial charge < -0.3 is 14.6 Å². The Morgan fingerprint density at radius 1 is 1.00 bits per heavy atom. The molecule has 0 aliphatic carbocycles. The molecule has 0 aliphatic heterocycles. The third kappa shape index (κ3) is 4.53. The molecule has 0 aromatic heterocycles. The summed E-state index contributed by atoms with van der Waals surface area (Å²) in [5, 5.41) is 8.89. The molecular weight excluding hydrogens is 268 g/mol. The van der Waals surface area contributed by atoms with Gasteiger partial charge in [0.25, 0.3) is 0 Å². The molecule has 2 aromatic rings. The molecule has 0 atom stereocenters. The van der Waals surface area contributed by atoms with Crippen LogP contribution in [0.2, 0.25) is 0 Å². The molecule has 4 heteroatoms. The average molecular weight is 286 g/mol. The van der Waals surface area contributed by atoms with Crippen LogP contribution in [0.4, 0.5) is 0 Å². The summed E-state index contributed by atoms with van der Waals surface area (Å²) in [5.74, 6) is 0.364. The van der Waals surface area contributed by atoms with Gasteiger partial charge in [-0.15, -0.1) is 0 Å². The van der Waals surface area contributed by atoms with E-state index >= 15 is 0 Å².